The van der Waals surface area contributed by atoms with Crippen LogP contribution in [0.2, 0.25) is 0 Å². The lowest BCUT2D eigenvalue weighted by Crippen LogP contribution is -2.21. The first-order valence-corrected chi connectivity index (χ1v) is 3.86. The van der Waals surface area contributed by atoms with E-state index < -0.39 is 17.4 Å². The van der Waals surface area contributed by atoms with Gasteiger partial charge in [0, 0.05) is 5.69 Å². The summed E-state index contributed by atoms with van der Waals surface area (Å²) in [5.41, 5.74) is -0.364. The Morgan fingerprint density at radius 3 is 2.53 bits per heavy atom. The molecule has 76 valence electrons. The lowest BCUT2D eigenvalue weighted by molar-refractivity contribution is -0.110. The van der Waals surface area contributed by atoms with E-state index in [0.29, 0.717) is 5.69 Å². The third-order valence-corrected chi connectivity index (χ3v) is 1.52. The van der Waals surface area contributed by atoms with Crippen molar-refractivity contribution in [2.45, 2.75) is 0 Å². The van der Waals surface area contributed by atoms with E-state index in [2.05, 4.69) is 10.5 Å². The van der Waals surface area contributed by atoms with Crippen molar-refractivity contribution in [1.82, 2.24) is 0 Å². The van der Waals surface area contributed by atoms with Gasteiger partial charge in [0.25, 0.3) is 5.91 Å². The van der Waals surface area contributed by atoms with Gasteiger partial charge in [0.15, 0.2) is 0 Å². The van der Waals surface area contributed by atoms with E-state index in [-0.39, 0.29) is 0 Å². The maximum absolute atomic E-state index is 12.5. The summed E-state index contributed by atoms with van der Waals surface area (Å²) in [4.78, 5) is 11.1. The molecule has 0 saturated carbocycles. The third-order valence-electron chi connectivity index (χ3n) is 1.52. The molecule has 0 atom stereocenters. The van der Waals surface area contributed by atoms with Gasteiger partial charge in [-0.3, -0.25) is 4.79 Å². The first-order valence-electron chi connectivity index (χ1n) is 3.86. The fourth-order valence-electron chi connectivity index (χ4n) is 0.842. The second kappa shape index (κ2) is 4.72. The summed E-state index contributed by atoms with van der Waals surface area (Å²) in [5, 5.41) is 21.4. The summed E-state index contributed by atoms with van der Waals surface area (Å²) in [5.74, 6) is -1.30. The number of carbonyl (C=O) groups excluding carboxylic acids is 1. The molecule has 1 amide bonds. The van der Waals surface area contributed by atoms with E-state index in [9.17, 15) is 9.18 Å². The molecule has 5 nitrogen and oxygen atoms in total. The van der Waals surface area contributed by atoms with Crippen LogP contribution in [0.3, 0.4) is 0 Å². The lowest BCUT2D eigenvalue weighted by atomic mass is 10.3. The second-order valence-corrected chi connectivity index (χ2v) is 2.52. The predicted octanol–water partition coefficient (Wildman–Crippen LogP) is 1.12. The molecule has 0 saturated heterocycles. The molecule has 2 N–H and O–H groups in total. The highest BCUT2D eigenvalue weighted by Gasteiger charge is 2.11. The zero-order valence-corrected chi connectivity index (χ0v) is 7.44. The number of oxime groups is 1. The molecule has 6 heteroatoms. The van der Waals surface area contributed by atoms with Crippen LogP contribution < -0.4 is 5.32 Å². The monoisotopic (exact) mass is 207 g/mol. The highest BCUT2D eigenvalue weighted by Crippen LogP contribution is 2.07. The van der Waals surface area contributed by atoms with Gasteiger partial charge >= 0.3 is 0 Å². The van der Waals surface area contributed by atoms with Crippen molar-refractivity contribution in [3.63, 3.8) is 0 Å². The number of rotatable bonds is 2. The van der Waals surface area contributed by atoms with Gasteiger partial charge in [0.2, 0.25) is 5.71 Å². The minimum absolute atomic E-state index is 0.304. The molecule has 15 heavy (non-hydrogen) atoms. The van der Waals surface area contributed by atoms with Gasteiger partial charge < -0.3 is 10.5 Å². The molecule has 0 aromatic heterocycles. The average Bonchev–Trinajstić information content (AvgIpc) is 2.23. The van der Waals surface area contributed by atoms with Crippen LogP contribution in [0.1, 0.15) is 0 Å². The van der Waals surface area contributed by atoms with Gasteiger partial charge in [0.05, 0.1) is 0 Å². The Kier molecular flexibility index (Phi) is 3.35. The molecule has 0 aliphatic heterocycles. The van der Waals surface area contributed by atoms with Gasteiger partial charge in [-0.2, -0.15) is 5.26 Å². The zero-order chi connectivity index (χ0) is 11.3. The highest BCUT2D eigenvalue weighted by atomic mass is 19.1. The van der Waals surface area contributed by atoms with Crippen LogP contribution in [0, 0.1) is 17.1 Å². The van der Waals surface area contributed by atoms with E-state index in [4.69, 9.17) is 10.5 Å². The van der Waals surface area contributed by atoms with Gasteiger partial charge in [-0.15, -0.1) is 0 Å². The molecule has 0 radical (unpaired) electrons. The Balaban J connectivity index is 2.76. The molecule has 1 aromatic rings. The number of carbonyl (C=O) groups is 1. The largest absolute Gasteiger partial charge is 0.410 e. The van der Waals surface area contributed by atoms with Crippen LogP contribution in [0.5, 0.6) is 0 Å². The van der Waals surface area contributed by atoms with E-state index >= 15 is 0 Å². The van der Waals surface area contributed by atoms with E-state index in [1.165, 1.54) is 18.2 Å². The van der Waals surface area contributed by atoms with Crippen molar-refractivity contribution in [3.05, 3.63) is 30.1 Å². The summed E-state index contributed by atoms with van der Waals surface area (Å²) in [7, 11) is 0. The summed E-state index contributed by atoms with van der Waals surface area (Å²) in [6.45, 7) is 0. The average molecular weight is 207 g/mol. The van der Waals surface area contributed by atoms with Gasteiger partial charge in [-0.05, 0) is 24.3 Å². The Bertz CT molecular complexity index is 434. The van der Waals surface area contributed by atoms with Crippen LogP contribution in [0.4, 0.5) is 10.1 Å². The smallest absolute Gasteiger partial charge is 0.288 e. The molecule has 0 aliphatic carbocycles. The number of hydrogen-bond acceptors (Lipinski definition) is 4. The van der Waals surface area contributed by atoms with Crippen LogP contribution in [-0.4, -0.2) is 16.8 Å². The zero-order valence-electron chi connectivity index (χ0n) is 7.44. The van der Waals surface area contributed by atoms with Gasteiger partial charge in [-0.1, -0.05) is 5.16 Å². The Labute approximate surface area is 84.4 Å². The maximum Gasteiger partial charge on any atom is 0.288 e. The SMILES string of the molecule is N#C/C(=N\O)C(=O)Nc1ccc(F)cc1. The fraction of sp³-hybridized carbons (Fsp3) is 0. The molecule has 0 aliphatic rings. The van der Waals surface area contributed by atoms with Gasteiger partial charge in [-0.25, -0.2) is 4.39 Å². The van der Waals surface area contributed by atoms with Crippen molar-refractivity contribution < 1.29 is 14.4 Å². The maximum atomic E-state index is 12.5. The highest BCUT2D eigenvalue weighted by molar-refractivity contribution is 6.48. The topological polar surface area (TPSA) is 85.5 Å². The first kappa shape index (κ1) is 10.7. The van der Waals surface area contributed by atoms with E-state index in [1.54, 1.807) is 0 Å². The molecule has 0 bridgehead atoms. The van der Waals surface area contributed by atoms with Crippen LogP contribution in [0.15, 0.2) is 29.4 Å². The second-order valence-electron chi connectivity index (χ2n) is 2.52. The number of nitrogens with one attached hydrogen (secondary N) is 1. The third kappa shape index (κ3) is 2.77. The van der Waals surface area contributed by atoms with Crippen molar-refractivity contribution in [3.8, 4) is 6.07 Å². The van der Waals surface area contributed by atoms with Gasteiger partial charge in [0.1, 0.15) is 11.9 Å². The molecule has 0 spiro atoms. The number of nitrogens with zero attached hydrogens (tertiary/aromatic N) is 2. The van der Waals surface area contributed by atoms with E-state index in [1.807, 2.05) is 0 Å². The minimum Gasteiger partial charge on any atom is -0.410 e. The number of anilines is 1. The Morgan fingerprint density at radius 1 is 1.47 bits per heavy atom. The molecule has 0 heterocycles. The van der Waals surface area contributed by atoms with Crippen molar-refractivity contribution in [2.75, 3.05) is 5.32 Å². The van der Waals surface area contributed by atoms with Crippen LogP contribution in [0.25, 0.3) is 0 Å². The van der Waals surface area contributed by atoms with Crippen molar-refractivity contribution in [1.29, 1.82) is 5.26 Å². The van der Waals surface area contributed by atoms with Crippen LogP contribution in [-0.2, 0) is 4.79 Å². The molecule has 0 fully saturated rings. The molecule has 1 aromatic carbocycles. The standard InChI is InChI=1S/C9H6FN3O2/c10-6-1-3-7(4-2-6)12-9(14)8(5-11)13-15/h1-4,15H,(H,12,14)/b13-8+. The fourth-order valence-corrected chi connectivity index (χ4v) is 0.842. The number of benzene rings is 1. The summed E-state index contributed by atoms with van der Waals surface area (Å²) in [6.07, 6.45) is 0. The molecular weight excluding hydrogens is 201 g/mol. The molecule has 0 unspecified atom stereocenters. The number of amides is 1. The Morgan fingerprint density at radius 2 is 2.07 bits per heavy atom. The van der Waals surface area contributed by atoms with Crippen molar-refractivity contribution in [2.24, 2.45) is 5.16 Å². The number of nitriles is 1. The van der Waals surface area contributed by atoms with E-state index in [0.717, 1.165) is 12.1 Å². The normalized spacial score (nSPS) is 10.5. The summed E-state index contributed by atoms with van der Waals surface area (Å²) < 4.78 is 12.5. The number of hydrogen-bond donors (Lipinski definition) is 2. The lowest BCUT2D eigenvalue weighted by Gasteiger charge is -2.01. The minimum atomic E-state index is -0.855. The molecular formula is C9H6FN3O2. The predicted molar refractivity (Wildman–Crippen MR) is 49.9 cm³/mol. The summed E-state index contributed by atoms with van der Waals surface area (Å²) in [6, 6.07) is 6.34. The molecule has 1 rings (SSSR count). The summed E-state index contributed by atoms with van der Waals surface area (Å²) >= 11 is 0. The van der Waals surface area contributed by atoms with Crippen LogP contribution >= 0.6 is 0 Å². The van der Waals surface area contributed by atoms with Crippen molar-refractivity contribution >= 4 is 17.3 Å². The quantitative estimate of drug-likeness (QED) is 0.432. The number of halogens is 1. The Hall–Kier alpha value is -2.42. The first-order chi connectivity index (χ1) is 7.17.